The summed E-state index contributed by atoms with van der Waals surface area (Å²) >= 11 is 0. The van der Waals surface area contributed by atoms with Crippen LogP contribution < -0.4 is 0 Å². The normalized spacial score (nSPS) is 16.7. The number of piperidine rings is 1. The van der Waals surface area contributed by atoms with Crippen LogP contribution in [0.3, 0.4) is 0 Å². The first-order valence-corrected chi connectivity index (χ1v) is 8.06. The molecule has 0 spiro atoms. The number of hydrogen-bond acceptors (Lipinski definition) is 6. The van der Waals surface area contributed by atoms with Crippen LogP contribution in [0.2, 0.25) is 0 Å². The zero-order valence-electron chi connectivity index (χ0n) is 13.5. The van der Waals surface area contributed by atoms with Crippen LogP contribution in [0.5, 0.6) is 0 Å². The van der Waals surface area contributed by atoms with Gasteiger partial charge in [-0.15, -0.1) is 0 Å². The Labute approximate surface area is 136 Å². The zero-order chi connectivity index (χ0) is 15.9. The van der Waals surface area contributed by atoms with E-state index in [1.807, 2.05) is 30.3 Å². The molecular formula is C17H23N3O3. The molecule has 1 aromatic carbocycles. The molecule has 0 unspecified atom stereocenters. The molecule has 1 fully saturated rings. The van der Waals surface area contributed by atoms with Crippen LogP contribution in [-0.2, 0) is 16.0 Å². The third kappa shape index (κ3) is 4.60. The van der Waals surface area contributed by atoms with Crippen molar-refractivity contribution in [2.45, 2.75) is 25.5 Å². The maximum absolute atomic E-state index is 5.78. The molecule has 1 saturated heterocycles. The lowest BCUT2D eigenvalue weighted by Crippen LogP contribution is -2.37. The SMILES string of the molecule is COCCOC1CCN(Cc2nc(-c3ccccc3)no2)CC1. The Kier molecular flexibility index (Phi) is 5.74. The molecule has 23 heavy (non-hydrogen) atoms. The Morgan fingerprint density at radius 1 is 1.17 bits per heavy atom. The van der Waals surface area contributed by atoms with Crippen molar-refractivity contribution in [1.82, 2.24) is 15.0 Å². The van der Waals surface area contributed by atoms with Crippen molar-refractivity contribution in [3.8, 4) is 11.4 Å². The van der Waals surface area contributed by atoms with Crippen LogP contribution in [-0.4, -0.2) is 54.6 Å². The Balaban J connectivity index is 1.47. The molecule has 0 radical (unpaired) electrons. The van der Waals surface area contributed by atoms with Gasteiger partial charge in [0.05, 0.1) is 25.9 Å². The van der Waals surface area contributed by atoms with Crippen LogP contribution in [0.1, 0.15) is 18.7 Å². The molecule has 124 valence electrons. The molecule has 6 heteroatoms. The standard InChI is InChI=1S/C17H23N3O3/c1-21-11-12-22-15-7-9-20(10-8-15)13-16-18-17(19-23-16)14-5-3-2-4-6-14/h2-6,15H,7-13H2,1H3. The monoisotopic (exact) mass is 317 g/mol. The molecule has 1 aromatic heterocycles. The van der Waals surface area contributed by atoms with Gasteiger partial charge in [-0.2, -0.15) is 4.98 Å². The van der Waals surface area contributed by atoms with E-state index in [-0.39, 0.29) is 0 Å². The first-order chi connectivity index (χ1) is 11.3. The van der Waals surface area contributed by atoms with Crippen molar-refractivity contribution in [2.24, 2.45) is 0 Å². The minimum absolute atomic E-state index is 0.337. The number of nitrogens with zero attached hydrogens (tertiary/aromatic N) is 3. The Hall–Kier alpha value is -1.76. The fourth-order valence-corrected chi connectivity index (χ4v) is 2.75. The van der Waals surface area contributed by atoms with Crippen LogP contribution in [0, 0.1) is 0 Å². The lowest BCUT2D eigenvalue weighted by atomic mass is 10.1. The van der Waals surface area contributed by atoms with Gasteiger partial charge in [-0.05, 0) is 12.8 Å². The van der Waals surface area contributed by atoms with Crippen LogP contribution in [0.15, 0.2) is 34.9 Å². The molecule has 0 bridgehead atoms. The van der Waals surface area contributed by atoms with Gasteiger partial charge >= 0.3 is 0 Å². The van der Waals surface area contributed by atoms with E-state index in [0.717, 1.165) is 31.5 Å². The second kappa shape index (κ2) is 8.19. The van der Waals surface area contributed by atoms with Gasteiger partial charge in [0.2, 0.25) is 11.7 Å². The summed E-state index contributed by atoms with van der Waals surface area (Å²) in [7, 11) is 1.69. The summed E-state index contributed by atoms with van der Waals surface area (Å²) in [6, 6.07) is 9.89. The van der Waals surface area contributed by atoms with E-state index in [1.165, 1.54) is 0 Å². The minimum Gasteiger partial charge on any atom is -0.382 e. The molecule has 0 saturated carbocycles. The summed E-state index contributed by atoms with van der Waals surface area (Å²) < 4.78 is 16.2. The fourth-order valence-electron chi connectivity index (χ4n) is 2.75. The Morgan fingerprint density at radius 2 is 1.96 bits per heavy atom. The second-order valence-electron chi connectivity index (χ2n) is 5.72. The van der Waals surface area contributed by atoms with Crippen molar-refractivity contribution < 1.29 is 14.0 Å². The highest BCUT2D eigenvalue weighted by atomic mass is 16.5. The van der Waals surface area contributed by atoms with E-state index >= 15 is 0 Å². The number of aromatic nitrogens is 2. The number of rotatable bonds is 7. The summed E-state index contributed by atoms with van der Waals surface area (Å²) in [4.78, 5) is 6.82. The van der Waals surface area contributed by atoms with E-state index in [4.69, 9.17) is 14.0 Å². The molecule has 3 rings (SSSR count). The highest BCUT2D eigenvalue weighted by Gasteiger charge is 2.21. The highest BCUT2D eigenvalue weighted by molar-refractivity contribution is 5.53. The van der Waals surface area contributed by atoms with Gasteiger partial charge in [-0.25, -0.2) is 0 Å². The number of benzene rings is 1. The van der Waals surface area contributed by atoms with Gasteiger partial charge in [0.1, 0.15) is 0 Å². The van der Waals surface area contributed by atoms with Crippen molar-refractivity contribution >= 4 is 0 Å². The molecule has 0 amide bonds. The number of hydrogen-bond donors (Lipinski definition) is 0. The third-order valence-electron chi connectivity index (χ3n) is 4.03. The van der Waals surface area contributed by atoms with E-state index in [2.05, 4.69) is 15.0 Å². The second-order valence-corrected chi connectivity index (χ2v) is 5.72. The van der Waals surface area contributed by atoms with Crippen LogP contribution in [0.25, 0.3) is 11.4 Å². The molecule has 0 aliphatic carbocycles. The predicted octanol–water partition coefficient (Wildman–Crippen LogP) is 2.36. The van der Waals surface area contributed by atoms with Gasteiger partial charge in [-0.3, -0.25) is 4.90 Å². The smallest absolute Gasteiger partial charge is 0.241 e. The number of methoxy groups -OCH3 is 1. The molecule has 0 atom stereocenters. The van der Waals surface area contributed by atoms with Gasteiger partial charge in [0, 0.05) is 25.8 Å². The first-order valence-electron chi connectivity index (χ1n) is 8.06. The van der Waals surface area contributed by atoms with Crippen molar-refractivity contribution in [2.75, 3.05) is 33.4 Å². The summed E-state index contributed by atoms with van der Waals surface area (Å²) in [6.07, 6.45) is 2.40. The average molecular weight is 317 g/mol. The topological polar surface area (TPSA) is 60.6 Å². The van der Waals surface area contributed by atoms with Crippen molar-refractivity contribution in [3.63, 3.8) is 0 Å². The minimum atomic E-state index is 0.337. The quantitative estimate of drug-likeness (QED) is 0.731. The van der Waals surface area contributed by atoms with Crippen molar-refractivity contribution in [1.29, 1.82) is 0 Å². The third-order valence-corrected chi connectivity index (χ3v) is 4.03. The molecule has 6 nitrogen and oxygen atoms in total. The van der Waals surface area contributed by atoms with Gasteiger partial charge in [0.25, 0.3) is 0 Å². The predicted molar refractivity (Wildman–Crippen MR) is 85.9 cm³/mol. The van der Waals surface area contributed by atoms with E-state index < -0.39 is 0 Å². The lowest BCUT2D eigenvalue weighted by Gasteiger charge is -2.30. The van der Waals surface area contributed by atoms with Crippen LogP contribution in [0.4, 0.5) is 0 Å². The highest BCUT2D eigenvalue weighted by Crippen LogP contribution is 2.18. The summed E-state index contributed by atoms with van der Waals surface area (Å²) in [5.41, 5.74) is 0.979. The van der Waals surface area contributed by atoms with E-state index in [1.54, 1.807) is 7.11 Å². The van der Waals surface area contributed by atoms with Gasteiger partial charge < -0.3 is 14.0 Å². The van der Waals surface area contributed by atoms with E-state index in [0.29, 0.717) is 37.6 Å². The summed E-state index contributed by atoms with van der Waals surface area (Å²) in [6.45, 7) is 4.00. The molecular weight excluding hydrogens is 294 g/mol. The first kappa shape index (κ1) is 16.1. The fraction of sp³-hybridized carbons (Fsp3) is 0.529. The molecule has 2 heterocycles. The number of likely N-dealkylation sites (tertiary alicyclic amines) is 1. The van der Waals surface area contributed by atoms with Crippen LogP contribution >= 0.6 is 0 Å². The summed E-state index contributed by atoms with van der Waals surface area (Å²) in [5.74, 6) is 1.32. The Morgan fingerprint density at radius 3 is 2.70 bits per heavy atom. The van der Waals surface area contributed by atoms with E-state index in [9.17, 15) is 0 Å². The molecule has 1 aliphatic heterocycles. The number of ether oxygens (including phenoxy) is 2. The summed E-state index contributed by atoms with van der Waals surface area (Å²) in [5, 5.41) is 4.07. The zero-order valence-corrected chi connectivity index (χ0v) is 13.5. The molecule has 1 aliphatic rings. The maximum Gasteiger partial charge on any atom is 0.241 e. The Bertz CT molecular complexity index is 580. The molecule has 2 aromatic rings. The van der Waals surface area contributed by atoms with Gasteiger partial charge in [-0.1, -0.05) is 35.5 Å². The lowest BCUT2D eigenvalue weighted by molar-refractivity contribution is -0.0170. The molecule has 0 N–H and O–H groups in total. The van der Waals surface area contributed by atoms with Gasteiger partial charge in [0.15, 0.2) is 0 Å². The largest absolute Gasteiger partial charge is 0.382 e. The maximum atomic E-state index is 5.78. The van der Waals surface area contributed by atoms with Crippen molar-refractivity contribution in [3.05, 3.63) is 36.2 Å². The average Bonchev–Trinajstić information content (AvgIpc) is 3.06.